The topological polar surface area (TPSA) is 39.9 Å². The maximum absolute atomic E-state index is 5.68. The van der Waals surface area contributed by atoms with Crippen LogP contribution in [0.4, 0.5) is 0 Å². The van der Waals surface area contributed by atoms with Gasteiger partial charge in [-0.2, -0.15) is 0 Å². The highest BCUT2D eigenvalue weighted by atomic mass is 79.9. The van der Waals surface area contributed by atoms with Crippen molar-refractivity contribution >= 4 is 15.9 Å². The van der Waals surface area contributed by atoms with Crippen molar-refractivity contribution in [1.29, 1.82) is 0 Å². The van der Waals surface area contributed by atoms with E-state index in [2.05, 4.69) is 39.9 Å². The second-order valence-corrected chi connectivity index (χ2v) is 5.25. The van der Waals surface area contributed by atoms with Gasteiger partial charge in [-0.05, 0) is 27.8 Å². The van der Waals surface area contributed by atoms with E-state index in [9.17, 15) is 0 Å². The number of ether oxygens (including phenoxy) is 1. The maximum Gasteiger partial charge on any atom is 0.217 e. The summed E-state index contributed by atoms with van der Waals surface area (Å²) in [5.41, 5.74) is 0.308. The van der Waals surface area contributed by atoms with Crippen molar-refractivity contribution in [2.75, 3.05) is 6.61 Å². The van der Waals surface area contributed by atoms with Gasteiger partial charge < -0.3 is 4.74 Å². The van der Waals surface area contributed by atoms with Crippen molar-refractivity contribution in [2.45, 2.75) is 32.9 Å². The van der Waals surface area contributed by atoms with E-state index in [1.54, 1.807) is 6.33 Å². The van der Waals surface area contributed by atoms with Crippen molar-refractivity contribution in [1.82, 2.24) is 14.8 Å². The molecule has 1 aromatic heterocycles. The maximum atomic E-state index is 5.68. The molecule has 0 N–H and O–H groups in total. The molecule has 1 saturated heterocycles. The monoisotopic (exact) mass is 259 g/mol. The van der Waals surface area contributed by atoms with Gasteiger partial charge in [0.05, 0.1) is 19.3 Å². The van der Waals surface area contributed by atoms with Gasteiger partial charge >= 0.3 is 0 Å². The van der Waals surface area contributed by atoms with Crippen LogP contribution in [-0.4, -0.2) is 27.5 Å². The van der Waals surface area contributed by atoms with Crippen LogP contribution in [0.25, 0.3) is 0 Å². The summed E-state index contributed by atoms with van der Waals surface area (Å²) < 4.78 is 8.13. The van der Waals surface area contributed by atoms with Crippen LogP contribution < -0.4 is 0 Å². The van der Waals surface area contributed by atoms with Gasteiger partial charge in [0.2, 0.25) is 4.73 Å². The normalized spacial score (nSPS) is 25.5. The second kappa shape index (κ2) is 3.62. The van der Waals surface area contributed by atoms with Crippen molar-refractivity contribution in [3.05, 3.63) is 11.1 Å². The fraction of sp³-hybridized carbons (Fsp3) is 0.778. The van der Waals surface area contributed by atoms with Gasteiger partial charge in [-0.25, -0.2) is 9.67 Å². The summed E-state index contributed by atoms with van der Waals surface area (Å²) in [6.07, 6.45) is 3.09. The van der Waals surface area contributed by atoms with E-state index in [1.165, 1.54) is 0 Å². The van der Waals surface area contributed by atoms with Crippen molar-refractivity contribution < 1.29 is 4.74 Å². The van der Waals surface area contributed by atoms with E-state index in [0.29, 0.717) is 10.1 Å². The van der Waals surface area contributed by atoms with Gasteiger partial charge in [-0.15, -0.1) is 5.10 Å². The van der Waals surface area contributed by atoms with Crippen molar-refractivity contribution in [3.63, 3.8) is 0 Å². The Balaban J connectivity index is 1.94. The highest BCUT2D eigenvalue weighted by molar-refractivity contribution is 9.10. The zero-order chi connectivity index (χ0) is 10.2. The fourth-order valence-electron chi connectivity index (χ4n) is 1.76. The van der Waals surface area contributed by atoms with E-state index < -0.39 is 0 Å². The first kappa shape index (κ1) is 10.1. The van der Waals surface area contributed by atoms with Crippen LogP contribution in [-0.2, 0) is 11.3 Å². The highest BCUT2D eigenvalue weighted by Crippen LogP contribution is 2.31. The van der Waals surface area contributed by atoms with Gasteiger partial charge in [-0.1, -0.05) is 13.8 Å². The lowest BCUT2D eigenvalue weighted by molar-refractivity contribution is 0.0851. The molecular formula is C9H14BrN3O. The Bertz CT molecular complexity index is 324. The van der Waals surface area contributed by atoms with Crippen LogP contribution in [0.3, 0.4) is 0 Å². The minimum atomic E-state index is 0.276. The quantitative estimate of drug-likeness (QED) is 0.814. The Morgan fingerprint density at radius 3 is 3.00 bits per heavy atom. The lowest BCUT2D eigenvalue weighted by atomic mass is 9.91. The Hall–Kier alpha value is -0.420. The number of hydrogen-bond acceptors (Lipinski definition) is 3. The molecule has 1 fully saturated rings. The molecule has 0 radical (unpaired) electrons. The summed E-state index contributed by atoms with van der Waals surface area (Å²) in [7, 11) is 0. The number of halogens is 1. The Kier molecular flexibility index (Phi) is 2.62. The van der Waals surface area contributed by atoms with Gasteiger partial charge in [0, 0.05) is 0 Å². The molecule has 0 aliphatic carbocycles. The molecule has 0 aromatic carbocycles. The van der Waals surface area contributed by atoms with Gasteiger partial charge in [0.15, 0.2) is 0 Å². The second-order valence-electron chi connectivity index (χ2n) is 4.54. The minimum absolute atomic E-state index is 0.276. The standard InChI is InChI=1S/C9H14BrN3O/c1-9(2)3-7(14-5-9)4-13-6-11-8(10)12-13/h6-7H,3-5H2,1-2H3. The predicted molar refractivity (Wildman–Crippen MR) is 55.9 cm³/mol. The van der Waals surface area contributed by atoms with E-state index in [-0.39, 0.29) is 6.10 Å². The summed E-state index contributed by atoms with van der Waals surface area (Å²) >= 11 is 3.22. The first-order valence-electron chi connectivity index (χ1n) is 4.72. The zero-order valence-corrected chi connectivity index (χ0v) is 9.99. The lowest BCUT2D eigenvalue weighted by Gasteiger charge is -2.13. The third-order valence-corrected chi connectivity index (χ3v) is 2.75. The summed E-state index contributed by atoms with van der Waals surface area (Å²) in [5.74, 6) is 0. The average molecular weight is 260 g/mol. The lowest BCUT2D eigenvalue weighted by Crippen LogP contribution is -2.16. The van der Waals surface area contributed by atoms with E-state index in [1.807, 2.05) is 4.68 Å². The first-order valence-corrected chi connectivity index (χ1v) is 5.51. The van der Waals surface area contributed by atoms with Crippen molar-refractivity contribution in [3.8, 4) is 0 Å². The van der Waals surface area contributed by atoms with E-state index in [4.69, 9.17) is 4.74 Å². The molecule has 1 atom stereocenters. The van der Waals surface area contributed by atoms with E-state index in [0.717, 1.165) is 19.6 Å². The van der Waals surface area contributed by atoms with E-state index >= 15 is 0 Å². The summed E-state index contributed by atoms with van der Waals surface area (Å²) in [4.78, 5) is 4.01. The third kappa shape index (κ3) is 2.33. The fourth-order valence-corrected chi connectivity index (χ4v) is 2.06. The largest absolute Gasteiger partial charge is 0.376 e. The SMILES string of the molecule is CC1(C)COC(Cn2cnc(Br)n2)C1. The summed E-state index contributed by atoms with van der Waals surface area (Å²) in [6.45, 7) is 6.09. The third-order valence-electron chi connectivity index (χ3n) is 2.39. The average Bonchev–Trinajstić information content (AvgIpc) is 2.59. The zero-order valence-electron chi connectivity index (χ0n) is 8.40. The molecule has 4 nitrogen and oxygen atoms in total. The summed E-state index contributed by atoms with van der Waals surface area (Å²) in [5, 5.41) is 4.16. The van der Waals surface area contributed by atoms with Crippen LogP contribution in [0.2, 0.25) is 0 Å². The molecule has 78 valence electrons. The van der Waals surface area contributed by atoms with Gasteiger partial charge in [0.25, 0.3) is 0 Å². The smallest absolute Gasteiger partial charge is 0.217 e. The molecular weight excluding hydrogens is 246 g/mol. The summed E-state index contributed by atoms with van der Waals surface area (Å²) in [6, 6.07) is 0. The minimum Gasteiger partial charge on any atom is -0.376 e. The Morgan fingerprint density at radius 1 is 1.71 bits per heavy atom. The number of rotatable bonds is 2. The molecule has 1 aliphatic rings. The molecule has 0 saturated carbocycles. The van der Waals surface area contributed by atoms with Crippen LogP contribution >= 0.6 is 15.9 Å². The number of hydrogen-bond donors (Lipinski definition) is 0. The van der Waals surface area contributed by atoms with Crippen LogP contribution in [0.5, 0.6) is 0 Å². The Labute approximate surface area is 91.8 Å². The predicted octanol–water partition coefficient (Wildman–Crippen LogP) is 1.86. The van der Waals surface area contributed by atoms with Gasteiger partial charge in [-0.3, -0.25) is 0 Å². The molecule has 5 heteroatoms. The molecule has 1 aromatic rings. The molecule has 0 bridgehead atoms. The first-order chi connectivity index (χ1) is 6.55. The van der Waals surface area contributed by atoms with Crippen LogP contribution in [0, 0.1) is 5.41 Å². The molecule has 0 spiro atoms. The number of aromatic nitrogens is 3. The van der Waals surface area contributed by atoms with Gasteiger partial charge in [0.1, 0.15) is 6.33 Å². The molecule has 1 unspecified atom stereocenters. The molecule has 2 rings (SSSR count). The highest BCUT2D eigenvalue weighted by Gasteiger charge is 2.32. The molecule has 0 amide bonds. The Morgan fingerprint density at radius 2 is 2.50 bits per heavy atom. The number of nitrogens with zero attached hydrogens (tertiary/aromatic N) is 3. The molecule has 14 heavy (non-hydrogen) atoms. The molecule has 1 aliphatic heterocycles. The van der Waals surface area contributed by atoms with Crippen molar-refractivity contribution in [2.24, 2.45) is 5.41 Å². The molecule has 2 heterocycles. The van der Waals surface area contributed by atoms with Crippen LogP contribution in [0.1, 0.15) is 20.3 Å². The van der Waals surface area contributed by atoms with Crippen LogP contribution in [0.15, 0.2) is 11.1 Å².